The number of hydrogen-bond donors (Lipinski definition) is 1. The molecule has 1 N–H and O–H groups in total. The lowest BCUT2D eigenvalue weighted by atomic mass is 9.81. The van der Waals surface area contributed by atoms with Gasteiger partial charge in [0.15, 0.2) is 0 Å². The van der Waals surface area contributed by atoms with E-state index in [1.165, 1.54) is 4.90 Å². The quantitative estimate of drug-likeness (QED) is 0.614. The molecule has 2 unspecified atom stereocenters. The maximum Gasteiger partial charge on any atom is 0.233 e. The van der Waals surface area contributed by atoms with Gasteiger partial charge in [-0.05, 0) is 45.2 Å². The monoisotopic (exact) mass is 294 g/mol. The van der Waals surface area contributed by atoms with Gasteiger partial charge in [0.05, 0.1) is 17.9 Å². The molecule has 0 radical (unpaired) electrons. The van der Waals surface area contributed by atoms with Crippen molar-refractivity contribution in [2.24, 2.45) is 11.8 Å². The average Bonchev–Trinajstić information content (AvgIpc) is 2.77. The molecule has 5 nitrogen and oxygen atoms in total. The molecular formula is C16H26N2O3. The minimum absolute atomic E-state index is 0.0170. The summed E-state index contributed by atoms with van der Waals surface area (Å²) in [7, 11) is 0. The standard InChI is InChI=1S/C16H26N2O3/c19-15-13-4-1-2-5-14(13)16(20)18(15)10-3-11-21-12-6-8-17-9-7-12/h12-14,17H,1-11H2. The molecule has 3 rings (SSSR count). The summed E-state index contributed by atoms with van der Waals surface area (Å²) in [6.07, 6.45) is 7.21. The topological polar surface area (TPSA) is 58.6 Å². The van der Waals surface area contributed by atoms with E-state index in [1.807, 2.05) is 0 Å². The summed E-state index contributed by atoms with van der Waals surface area (Å²) >= 11 is 0. The highest BCUT2D eigenvalue weighted by molar-refractivity contribution is 6.05. The number of carbonyl (C=O) groups excluding carboxylic acids is 2. The minimum atomic E-state index is -0.0170. The van der Waals surface area contributed by atoms with Gasteiger partial charge in [0.25, 0.3) is 0 Å². The average molecular weight is 294 g/mol. The second kappa shape index (κ2) is 6.88. The normalized spacial score (nSPS) is 30.8. The summed E-state index contributed by atoms with van der Waals surface area (Å²) in [5, 5.41) is 3.31. The van der Waals surface area contributed by atoms with E-state index in [-0.39, 0.29) is 23.7 Å². The van der Waals surface area contributed by atoms with Gasteiger partial charge in [-0.2, -0.15) is 0 Å². The zero-order valence-corrected chi connectivity index (χ0v) is 12.7. The van der Waals surface area contributed by atoms with Crippen molar-refractivity contribution in [3.8, 4) is 0 Å². The molecule has 0 bridgehead atoms. The molecule has 2 saturated heterocycles. The lowest BCUT2D eigenvalue weighted by Gasteiger charge is -2.23. The molecule has 0 spiro atoms. The van der Waals surface area contributed by atoms with Crippen LogP contribution in [0.3, 0.4) is 0 Å². The SMILES string of the molecule is O=C1C2CCCCC2C(=O)N1CCCOC1CCNCC1. The lowest BCUT2D eigenvalue weighted by Crippen LogP contribution is -2.34. The number of piperidine rings is 1. The lowest BCUT2D eigenvalue weighted by molar-refractivity contribution is -0.140. The highest BCUT2D eigenvalue weighted by Crippen LogP contribution is 2.37. The Morgan fingerprint density at radius 1 is 1.00 bits per heavy atom. The van der Waals surface area contributed by atoms with Crippen LogP contribution in [0.1, 0.15) is 44.9 Å². The Bertz CT molecular complexity index is 369. The summed E-state index contributed by atoms with van der Waals surface area (Å²) in [6.45, 7) is 3.24. The smallest absolute Gasteiger partial charge is 0.233 e. The zero-order valence-electron chi connectivity index (χ0n) is 12.7. The maximum absolute atomic E-state index is 12.3. The molecule has 2 amide bonds. The maximum atomic E-state index is 12.3. The third-order valence-electron chi connectivity index (χ3n) is 5.10. The van der Waals surface area contributed by atoms with Gasteiger partial charge in [-0.25, -0.2) is 0 Å². The molecular weight excluding hydrogens is 268 g/mol. The predicted molar refractivity (Wildman–Crippen MR) is 78.6 cm³/mol. The number of likely N-dealkylation sites (tertiary alicyclic amines) is 1. The number of amides is 2. The van der Waals surface area contributed by atoms with Gasteiger partial charge in [0, 0.05) is 13.2 Å². The molecule has 2 aliphatic heterocycles. The van der Waals surface area contributed by atoms with E-state index in [1.54, 1.807) is 0 Å². The second-order valence-electron chi connectivity index (χ2n) is 6.50. The van der Waals surface area contributed by atoms with E-state index < -0.39 is 0 Å². The number of nitrogens with zero attached hydrogens (tertiary/aromatic N) is 1. The van der Waals surface area contributed by atoms with Gasteiger partial charge < -0.3 is 10.1 Å². The molecule has 2 heterocycles. The fourth-order valence-electron chi connectivity index (χ4n) is 3.89. The van der Waals surface area contributed by atoms with E-state index >= 15 is 0 Å². The molecule has 1 aliphatic carbocycles. The van der Waals surface area contributed by atoms with Crippen LogP contribution in [0.15, 0.2) is 0 Å². The first-order valence-corrected chi connectivity index (χ1v) is 8.45. The van der Waals surface area contributed by atoms with Crippen LogP contribution in [0.25, 0.3) is 0 Å². The Morgan fingerprint density at radius 3 is 2.24 bits per heavy atom. The van der Waals surface area contributed by atoms with Crippen LogP contribution in [-0.4, -0.2) is 49.1 Å². The van der Waals surface area contributed by atoms with E-state index in [0.29, 0.717) is 19.3 Å². The second-order valence-corrected chi connectivity index (χ2v) is 6.50. The van der Waals surface area contributed by atoms with Crippen molar-refractivity contribution in [1.82, 2.24) is 10.2 Å². The Morgan fingerprint density at radius 2 is 1.62 bits per heavy atom. The Labute approximate surface area is 126 Å². The largest absolute Gasteiger partial charge is 0.378 e. The summed E-state index contributed by atoms with van der Waals surface area (Å²) in [5.74, 6) is 0.117. The van der Waals surface area contributed by atoms with Crippen LogP contribution in [-0.2, 0) is 14.3 Å². The van der Waals surface area contributed by atoms with Gasteiger partial charge >= 0.3 is 0 Å². The predicted octanol–water partition coefficient (Wildman–Crippen LogP) is 1.32. The van der Waals surface area contributed by atoms with Crippen molar-refractivity contribution in [2.45, 2.75) is 51.0 Å². The zero-order chi connectivity index (χ0) is 14.7. The molecule has 21 heavy (non-hydrogen) atoms. The van der Waals surface area contributed by atoms with Crippen LogP contribution < -0.4 is 5.32 Å². The fourth-order valence-corrected chi connectivity index (χ4v) is 3.89. The number of nitrogens with one attached hydrogen (secondary N) is 1. The molecule has 1 saturated carbocycles. The van der Waals surface area contributed by atoms with Gasteiger partial charge in [-0.1, -0.05) is 12.8 Å². The highest BCUT2D eigenvalue weighted by atomic mass is 16.5. The van der Waals surface area contributed by atoms with Crippen molar-refractivity contribution < 1.29 is 14.3 Å². The molecule has 0 aromatic rings. The molecule has 118 valence electrons. The number of hydrogen-bond acceptors (Lipinski definition) is 4. The first-order valence-electron chi connectivity index (χ1n) is 8.45. The first-order chi connectivity index (χ1) is 10.3. The van der Waals surface area contributed by atoms with Crippen LogP contribution >= 0.6 is 0 Å². The van der Waals surface area contributed by atoms with E-state index in [4.69, 9.17) is 4.74 Å². The van der Waals surface area contributed by atoms with Crippen molar-refractivity contribution in [2.75, 3.05) is 26.2 Å². The van der Waals surface area contributed by atoms with Crippen LogP contribution in [0, 0.1) is 11.8 Å². The number of imide groups is 1. The Balaban J connectivity index is 1.42. The van der Waals surface area contributed by atoms with Crippen molar-refractivity contribution in [3.05, 3.63) is 0 Å². The van der Waals surface area contributed by atoms with Crippen LogP contribution in [0.4, 0.5) is 0 Å². The third kappa shape index (κ3) is 3.29. The summed E-state index contributed by atoms with van der Waals surface area (Å²) in [6, 6.07) is 0. The molecule has 0 aromatic carbocycles. The molecule has 3 fully saturated rings. The van der Waals surface area contributed by atoms with Crippen molar-refractivity contribution in [1.29, 1.82) is 0 Å². The van der Waals surface area contributed by atoms with Gasteiger partial charge in [-0.3, -0.25) is 14.5 Å². The summed E-state index contributed by atoms with van der Waals surface area (Å²) in [5.41, 5.74) is 0. The summed E-state index contributed by atoms with van der Waals surface area (Å²) < 4.78 is 5.84. The van der Waals surface area contributed by atoms with Crippen molar-refractivity contribution in [3.63, 3.8) is 0 Å². The Hall–Kier alpha value is -0.940. The van der Waals surface area contributed by atoms with Crippen LogP contribution in [0.2, 0.25) is 0 Å². The van der Waals surface area contributed by atoms with E-state index in [9.17, 15) is 9.59 Å². The molecule has 2 atom stereocenters. The van der Waals surface area contributed by atoms with Crippen molar-refractivity contribution >= 4 is 11.8 Å². The number of carbonyl (C=O) groups is 2. The number of fused-ring (bicyclic) bond motifs is 1. The molecule has 3 aliphatic rings. The van der Waals surface area contributed by atoms with Crippen LogP contribution in [0.5, 0.6) is 0 Å². The summed E-state index contributed by atoms with van der Waals surface area (Å²) in [4.78, 5) is 26.1. The third-order valence-corrected chi connectivity index (χ3v) is 5.10. The minimum Gasteiger partial charge on any atom is -0.378 e. The molecule has 5 heteroatoms. The van der Waals surface area contributed by atoms with Gasteiger partial charge in [0.1, 0.15) is 0 Å². The Kier molecular flexibility index (Phi) is 4.91. The fraction of sp³-hybridized carbons (Fsp3) is 0.875. The highest BCUT2D eigenvalue weighted by Gasteiger charge is 2.47. The van der Waals surface area contributed by atoms with Gasteiger partial charge in [-0.15, -0.1) is 0 Å². The first kappa shape index (κ1) is 15.0. The van der Waals surface area contributed by atoms with E-state index in [2.05, 4.69) is 5.32 Å². The van der Waals surface area contributed by atoms with Gasteiger partial charge in [0.2, 0.25) is 11.8 Å². The molecule has 0 aromatic heterocycles. The number of ether oxygens (including phenoxy) is 1. The number of rotatable bonds is 5. The van der Waals surface area contributed by atoms with E-state index in [0.717, 1.165) is 58.0 Å².